The van der Waals surface area contributed by atoms with Crippen LogP contribution in [0, 0.1) is 6.92 Å². The van der Waals surface area contributed by atoms with E-state index in [1.807, 2.05) is 30.3 Å². The van der Waals surface area contributed by atoms with Crippen LogP contribution in [0.4, 0.5) is 5.95 Å². The molecule has 0 atom stereocenters. The van der Waals surface area contributed by atoms with Gasteiger partial charge in [0.2, 0.25) is 11.2 Å². The Hall–Kier alpha value is -4.47. The van der Waals surface area contributed by atoms with Gasteiger partial charge in [0.05, 0.1) is 5.56 Å². The first-order valence-corrected chi connectivity index (χ1v) is 9.89. The number of hydrogen-bond acceptors (Lipinski definition) is 6. The number of oxazole rings is 1. The first-order valence-electron chi connectivity index (χ1n) is 9.89. The normalized spacial score (nSPS) is 11.3. The van der Waals surface area contributed by atoms with Gasteiger partial charge in [0, 0.05) is 30.4 Å². The maximum absolute atomic E-state index is 13.2. The van der Waals surface area contributed by atoms with Crippen molar-refractivity contribution in [3.05, 3.63) is 87.3 Å². The molecule has 0 radical (unpaired) electrons. The van der Waals surface area contributed by atoms with E-state index < -0.39 is 5.69 Å². The average molecular weight is 430 g/mol. The van der Waals surface area contributed by atoms with Crippen molar-refractivity contribution in [1.82, 2.24) is 24.3 Å². The van der Waals surface area contributed by atoms with Crippen LogP contribution in [0.15, 0.2) is 69.1 Å². The summed E-state index contributed by atoms with van der Waals surface area (Å²) in [6, 6.07) is 12.7. The number of nitrogen functional groups attached to an aromatic ring is 1. The summed E-state index contributed by atoms with van der Waals surface area (Å²) in [5.74, 6) is 0.666. The molecule has 0 aliphatic carbocycles. The number of nitrogens with zero attached hydrogens (tertiary/aromatic N) is 5. The van der Waals surface area contributed by atoms with Gasteiger partial charge in [-0.25, -0.2) is 14.9 Å². The van der Waals surface area contributed by atoms with Gasteiger partial charge in [-0.1, -0.05) is 30.3 Å². The summed E-state index contributed by atoms with van der Waals surface area (Å²) in [5.41, 5.74) is 9.56. The van der Waals surface area contributed by atoms with Crippen LogP contribution in [-0.4, -0.2) is 24.3 Å². The zero-order valence-corrected chi connectivity index (χ0v) is 17.4. The molecule has 160 valence electrons. The molecule has 0 aliphatic rings. The Labute approximate surface area is 181 Å². The molecule has 0 saturated carbocycles. The number of rotatable bonds is 4. The summed E-state index contributed by atoms with van der Waals surface area (Å²) in [6.07, 6.45) is 3.05. The lowest BCUT2D eigenvalue weighted by atomic mass is 10.0. The van der Waals surface area contributed by atoms with Crippen molar-refractivity contribution in [2.24, 2.45) is 7.05 Å². The molecule has 5 rings (SSSR count). The topological polar surface area (TPSA) is 129 Å². The van der Waals surface area contributed by atoms with E-state index in [0.717, 1.165) is 5.56 Å². The largest absolute Gasteiger partial charge is 0.448 e. The van der Waals surface area contributed by atoms with Gasteiger partial charge < -0.3 is 14.7 Å². The molecule has 1 aromatic carbocycles. The number of aryl methyl sites for hydroxylation is 2. The smallest absolute Gasteiger partial charge is 0.428 e. The SMILES string of the molecule is Cc1ocnc1Cn1[nH]c2c(-c3ccc(=O)n(C)c3)c(-c3ccccc3)nc(N)[n+]2c1=O. The number of pyridine rings is 1. The predicted molar refractivity (Wildman–Crippen MR) is 117 cm³/mol. The van der Waals surface area contributed by atoms with Gasteiger partial charge >= 0.3 is 11.6 Å². The van der Waals surface area contributed by atoms with Gasteiger partial charge in [-0.3, -0.25) is 4.79 Å². The number of anilines is 1. The zero-order valence-electron chi connectivity index (χ0n) is 17.4. The van der Waals surface area contributed by atoms with Crippen LogP contribution in [0.3, 0.4) is 0 Å². The highest BCUT2D eigenvalue weighted by Gasteiger charge is 2.26. The summed E-state index contributed by atoms with van der Waals surface area (Å²) in [4.78, 5) is 33.9. The molecule has 32 heavy (non-hydrogen) atoms. The highest BCUT2D eigenvalue weighted by atomic mass is 16.3. The van der Waals surface area contributed by atoms with Crippen LogP contribution in [0.5, 0.6) is 0 Å². The molecule has 3 N–H and O–H groups in total. The summed E-state index contributed by atoms with van der Waals surface area (Å²) in [7, 11) is 1.67. The number of fused-ring (bicyclic) bond motifs is 1. The fourth-order valence-electron chi connectivity index (χ4n) is 3.71. The van der Waals surface area contributed by atoms with Crippen molar-refractivity contribution in [3.8, 4) is 22.4 Å². The molecule has 0 bridgehead atoms. The van der Waals surface area contributed by atoms with E-state index in [0.29, 0.717) is 33.9 Å². The molecule has 0 spiro atoms. The Morgan fingerprint density at radius 2 is 1.91 bits per heavy atom. The van der Waals surface area contributed by atoms with Crippen LogP contribution in [-0.2, 0) is 13.6 Å². The third-order valence-electron chi connectivity index (χ3n) is 5.39. The minimum atomic E-state index is -0.391. The van der Waals surface area contributed by atoms with E-state index in [4.69, 9.17) is 10.2 Å². The lowest BCUT2D eigenvalue weighted by Crippen LogP contribution is -2.44. The Morgan fingerprint density at radius 3 is 2.59 bits per heavy atom. The standard InChI is InChI=1S/C22H19N7O3/c1-13-16(24-12-32-13)11-28-22(31)29-20(26-28)18(15-8-9-17(30)27(2)10-15)19(25-21(29)23)14-6-4-3-5-7-14/h3-10,12H,11H2,1-2H3,(H2,23,25,26)/p+1. The van der Waals surface area contributed by atoms with Crippen molar-refractivity contribution in [3.63, 3.8) is 0 Å². The molecule has 10 heteroatoms. The van der Waals surface area contributed by atoms with E-state index >= 15 is 0 Å². The molecule has 0 aliphatic heterocycles. The van der Waals surface area contributed by atoms with Crippen molar-refractivity contribution in [2.45, 2.75) is 13.5 Å². The molecule has 4 heterocycles. The Morgan fingerprint density at radius 1 is 1.12 bits per heavy atom. The number of benzene rings is 1. The van der Waals surface area contributed by atoms with Crippen molar-refractivity contribution < 1.29 is 8.82 Å². The fraction of sp³-hybridized carbons (Fsp3) is 0.136. The van der Waals surface area contributed by atoms with Gasteiger partial charge in [0.1, 0.15) is 23.7 Å². The average Bonchev–Trinajstić information content (AvgIpc) is 3.34. The number of nitrogens with one attached hydrogen (secondary N) is 1. The Kier molecular flexibility index (Phi) is 4.47. The summed E-state index contributed by atoms with van der Waals surface area (Å²) >= 11 is 0. The van der Waals surface area contributed by atoms with Crippen molar-refractivity contribution >= 4 is 11.6 Å². The molecule has 0 amide bonds. The second-order valence-electron chi connectivity index (χ2n) is 7.45. The second kappa shape index (κ2) is 7.34. The number of hydrogen-bond donors (Lipinski definition) is 2. The summed E-state index contributed by atoms with van der Waals surface area (Å²) in [5, 5.41) is 3.16. The van der Waals surface area contributed by atoms with E-state index in [-0.39, 0.29) is 18.1 Å². The minimum absolute atomic E-state index is 0.0456. The molecule has 0 fully saturated rings. The van der Waals surface area contributed by atoms with E-state index in [2.05, 4.69) is 15.1 Å². The number of nitrogens with two attached hydrogens (primary N) is 1. The molecule has 5 aromatic rings. The lowest BCUT2D eigenvalue weighted by Gasteiger charge is -2.09. The van der Waals surface area contributed by atoms with Gasteiger partial charge in [-0.15, -0.1) is 9.38 Å². The van der Waals surface area contributed by atoms with Crippen LogP contribution in [0.1, 0.15) is 11.5 Å². The van der Waals surface area contributed by atoms with Gasteiger partial charge in [0.15, 0.2) is 6.39 Å². The van der Waals surface area contributed by atoms with E-state index in [1.54, 1.807) is 26.2 Å². The maximum Gasteiger partial charge on any atom is 0.428 e. The Bertz CT molecular complexity index is 1580. The first kappa shape index (κ1) is 19.5. The highest BCUT2D eigenvalue weighted by Crippen LogP contribution is 2.32. The third-order valence-corrected chi connectivity index (χ3v) is 5.39. The second-order valence-corrected chi connectivity index (χ2v) is 7.45. The molecular formula is C22H20N7O3+. The molecular weight excluding hydrogens is 410 g/mol. The molecule has 10 nitrogen and oxygen atoms in total. The van der Waals surface area contributed by atoms with Gasteiger partial charge in [0.25, 0.3) is 0 Å². The van der Waals surface area contributed by atoms with Crippen molar-refractivity contribution in [1.29, 1.82) is 0 Å². The fourth-order valence-corrected chi connectivity index (χ4v) is 3.71. The first-order chi connectivity index (χ1) is 15.4. The zero-order chi connectivity index (χ0) is 22.4. The van der Waals surface area contributed by atoms with Crippen LogP contribution in [0.25, 0.3) is 28.0 Å². The number of H-pyrrole nitrogens is 1. The van der Waals surface area contributed by atoms with Crippen molar-refractivity contribution in [2.75, 3.05) is 5.73 Å². The third kappa shape index (κ3) is 3.09. The van der Waals surface area contributed by atoms with Crippen LogP contribution >= 0.6 is 0 Å². The molecule has 0 saturated heterocycles. The van der Waals surface area contributed by atoms with E-state index in [1.165, 1.54) is 26.1 Å². The van der Waals surface area contributed by atoms with E-state index in [9.17, 15) is 9.59 Å². The van der Waals surface area contributed by atoms with Crippen LogP contribution in [0.2, 0.25) is 0 Å². The lowest BCUT2D eigenvalue weighted by molar-refractivity contribution is -0.516. The van der Waals surface area contributed by atoms with Crippen LogP contribution < -0.4 is 21.4 Å². The predicted octanol–water partition coefficient (Wildman–Crippen LogP) is 1.27. The summed E-state index contributed by atoms with van der Waals surface area (Å²) < 4.78 is 9.45. The molecule has 4 aromatic heterocycles. The molecule has 0 unspecified atom stereocenters. The maximum atomic E-state index is 13.2. The summed E-state index contributed by atoms with van der Waals surface area (Å²) in [6.45, 7) is 1.96. The number of aromatic amines is 1. The van der Waals surface area contributed by atoms with Gasteiger partial charge in [-0.2, -0.15) is 4.68 Å². The minimum Gasteiger partial charge on any atom is -0.448 e. The highest BCUT2D eigenvalue weighted by molar-refractivity contribution is 5.88. The number of aromatic nitrogens is 6. The monoisotopic (exact) mass is 430 g/mol. The van der Waals surface area contributed by atoms with Gasteiger partial charge in [-0.05, 0) is 13.0 Å². The quantitative estimate of drug-likeness (QED) is 0.413. The Balaban J connectivity index is 1.84.